The lowest BCUT2D eigenvalue weighted by atomic mass is 10.2. The van der Waals surface area contributed by atoms with Crippen molar-refractivity contribution in [2.75, 3.05) is 6.54 Å². The van der Waals surface area contributed by atoms with Gasteiger partial charge in [0.2, 0.25) is 5.82 Å². The molecule has 8 nitrogen and oxygen atoms in total. The molecule has 1 aliphatic rings. The molecule has 4 rings (SSSR count). The molecule has 0 spiro atoms. The van der Waals surface area contributed by atoms with E-state index in [0.29, 0.717) is 30.4 Å². The zero-order valence-electron chi connectivity index (χ0n) is 14.2. The van der Waals surface area contributed by atoms with Crippen LogP contribution in [0.3, 0.4) is 0 Å². The van der Waals surface area contributed by atoms with Crippen LogP contribution in [0.15, 0.2) is 48.9 Å². The van der Waals surface area contributed by atoms with Crippen molar-refractivity contribution >= 4 is 6.03 Å². The Bertz CT molecular complexity index is 866. The number of hydrogen-bond acceptors (Lipinski definition) is 5. The highest BCUT2D eigenvalue weighted by Crippen LogP contribution is 2.30. The maximum absolute atomic E-state index is 12.6. The van der Waals surface area contributed by atoms with Crippen molar-refractivity contribution < 1.29 is 4.79 Å². The number of rotatable bonds is 4. The van der Waals surface area contributed by atoms with Crippen LogP contribution in [0.1, 0.15) is 30.3 Å². The summed E-state index contributed by atoms with van der Waals surface area (Å²) < 4.78 is 0. The molecular weight excluding hydrogens is 330 g/mol. The lowest BCUT2D eigenvalue weighted by Crippen LogP contribution is -2.39. The predicted octanol–water partition coefficient (Wildman–Crippen LogP) is 2.31. The van der Waals surface area contributed by atoms with Gasteiger partial charge in [-0.1, -0.05) is 30.3 Å². The summed E-state index contributed by atoms with van der Waals surface area (Å²) in [6, 6.07) is 9.67. The number of urea groups is 1. The van der Waals surface area contributed by atoms with Crippen molar-refractivity contribution in [3.63, 3.8) is 0 Å². The lowest BCUT2D eigenvalue weighted by molar-refractivity contribution is 0.190. The summed E-state index contributed by atoms with van der Waals surface area (Å²) in [5, 5.41) is 10.2. The van der Waals surface area contributed by atoms with E-state index in [1.165, 1.54) is 0 Å². The normalized spacial score (nSPS) is 16.6. The van der Waals surface area contributed by atoms with Crippen LogP contribution >= 0.6 is 0 Å². The summed E-state index contributed by atoms with van der Waals surface area (Å²) in [5.41, 5.74) is 1.68. The van der Waals surface area contributed by atoms with Gasteiger partial charge < -0.3 is 10.2 Å². The van der Waals surface area contributed by atoms with E-state index in [9.17, 15) is 4.79 Å². The zero-order chi connectivity index (χ0) is 17.8. The van der Waals surface area contributed by atoms with Crippen LogP contribution in [0, 0.1) is 0 Å². The molecule has 26 heavy (non-hydrogen) atoms. The van der Waals surface area contributed by atoms with Crippen molar-refractivity contribution in [3.8, 4) is 11.5 Å². The smallest absolute Gasteiger partial charge is 0.318 e. The maximum Gasteiger partial charge on any atom is 0.318 e. The summed E-state index contributed by atoms with van der Waals surface area (Å²) in [6.45, 7) is 1.20. The van der Waals surface area contributed by atoms with Crippen LogP contribution < -0.4 is 5.32 Å². The fourth-order valence-corrected chi connectivity index (χ4v) is 3.12. The summed E-state index contributed by atoms with van der Waals surface area (Å²) in [6.07, 6.45) is 6.61. The molecule has 8 heteroatoms. The lowest BCUT2D eigenvalue weighted by Gasteiger charge is -2.23. The monoisotopic (exact) mass is 349 g/mol. The molecule has 0 saturated carbocycles. The number of aromatic amines is 1. The Morgan fingerprint density at radius 3 is 2.96 bits per heavy atom. The van der Waals surface area contributed by atoms with Gasteiger partial charge >= 0.3 is 6.03 Å². The van der Waals surface area contributed by atoms with Crippen molar-refractivity contribution in [1.82, 2.24) is 35.4 Å². The fourth-order valence-electron chi connectivity index (χ4n) is 3.12. The fraction of sp³-hybridized carbons (Fsp3) is 0.278. The van der Waals surface area contributed by atoms with Gasteiger partial charge in [0.05, 0.1) is 12.2 Å². The molecule has 0 aliphatic carbocycles. The summed E-state index contributed by atoms with van der Waals surface area (Å²) in [7, 11) is 0. The molecule has 132 valence electrons. The minimum atomic E-state index is -0.108. The minimum Gasteiger partial charge on any atom is -0.334 e. The first kappa shape index (κ1) is 16.2. The number of hydrogen-bond donors (Lipinski definition) is 2. The van der Waals surface area contributed by atoms with E-state index in [2.05, 4.69) is 30.5 Å². The molecule has 0 radical (unpaired) electrons. The van der Waals surface area contributed by atoms with Crippen LogP contribution in [-0.2, 0) is 6.54 Å². The van der Waals surface area contributed by atoms with E-state index in [-0.39, 0.29) is 12.1 Å². The third kappa shape index (κ3) is 3.39. The van der Waals surface area contributed by atoms with Crippen molar-refractivity contribution in [2.45, 2.75) is 25.4 Å². The Kier molecular flexibility index (Phi) is 4.55. The highest BCUT2D eigenvalue weighted by Gasteiger charge is 2.32. The van der Waals surface area contributed by atoms with Gasteiger partial charge in [0.1, 0.15) is 11.5 Å². The largest absolute Gasteiger partial charge is 0.334 e. The highest BCUT2D eigenvalue weighted by atomic mass is 16.2. The maximum atomic E-state index is 12.6. The Hall–Kier alpha value is -3.29. The average Bonchev–Trinajstić information content (AvgIpc) is 3.37. The minimum absolute atomic E-state index is 0.0891. The molecule has 2 aromatic heterocycles. The molecule has 1 saturated heterocycles. The second-order valence-corrected chi connectivity index (χ2v) is 6.13. The van der Waals surface area contributed by atoms with Gasteiger partial charge in [0.25, 0.3) is 0 Å². The molecule has 1 fully saturated rings. The van der Waals surface area contributed by atoms with Crippen LogP contribution in [0.4, 0.5) is 4.79 Å². The molecule has 0 bridgehead atoms. The van der Waals surface area contributed by atoms with E-state index < -0.39 is 0 Å². The highest BCUT2D eigenvalue weighted by molar-refractivity contribution is 5.75. The van der Waals surface area contributed by atoms with Gasteiger partial charge in [-0.2, -0.15) is 5.10 Å². The third-order valence-electron chi connectivity index (χ3n) is 4.41. The van der Waals surface area contributed by atoms with Gasteiger partial charge in [-0.3, -0.25) is 10.1 Å². The molecule has 3 aromatic rings. The second kappa shape index (κ2) is 7.30. The first-order valence-electron chi connectivity index (χ1n) is 8.58. The van der Waals surface area contributed by atoms with Gasteiger partial charge in [-0.25, -0.2) is 14.8 Å². The number of benzene rings is 1. The first-order valence-corrected chi connectivity index (χ1v) is 8.58. The van der Waals surface area contributed by atoms with Crippen LogP contribution in [0.5, 0.6) is 0 Å². The Labute approximate surface area is 150 Å². The molecule has 2 N–H and O–H groups in total. The quantitative estimate of drug-likeness (QED) is 0.753. The van der Waals surface area contributed by atoms with E-state index >= 15 is 0 Å². The van der Waals surface area contributed by atoms with E-state index in [0.717, 1.165) is 18.4 Å². The Morgan fingerprint density at radius 2 is 2.15 bits per heavy atom. The number of H-pyrrole nitrogens is 1. The summed E-state index contributed by atoms with van der Waals surface area (Å²) >= 11 is 0. The zero-order valence-corrected chi connectivity index (χ0v) is 14.2. The molecule has 0 unspecified atom stereocenters. The molecular formula is C18H19N7O. The third-order valence-corrected chi connectivity index (χ3v) is 4.41. The number of nitrogens with zero attached hydrogens (tertiary/aromatic N) is 5. The molecule has 1 aliphatic heterocycles. The van der Waals surface area contributed by atoms with E-state index in [1.807, 2.05) is 35.2 Å². The van der Waals surface area contributed by atoms with Gasteiger partial charge in [0.15, 0.2) is 0 Å². The van der Waals surface area contributed by atoms with E-state index in [1.54, 1.807) is 18.6 Å². The average molecular weight is 349 g/mol. The van der Waals surface area contributed by atoms with Crippen molar-refractivity contribution in [2.24, 2.45) is 0 Å². The van der Waals surface area contributed by atoms with Gasteiger partial charge in [-0.15, -0.1) is 0 Å². The molecule has 3 heterocycles. The second-order valence-electron chi connectivity index (χ2n) is 6.13. The van der Waals surface area contributed by atoms with Gasteiger partial charge in [0, 0.05) is 25.5 Å². The topological polar surface area (TPSA) is 99.7 Å². The van der Waals surface area contributed by atoms with Crippen LogP contribution in [-0.4, -0.2) is 42.6 Å². The van der Waals surface area contributed by atoms with E-state index in [4.69, 9.17) is 0 Å². The summed E-state index contributed by atoms with van der Waals surface area (Å²) in [5.74, 6) is 1.17. The molecule has 2 amide bonds. The van der Waals surface area contributed by atoms with Crippen LogP contribution in [0.2, 0.25) is 0 Å². The molecule has 1 atom stereocenters. The number of likely N-dealkylation sites (tertiary alicyclic amines) is 1. The Balaban J connectivity index is 1.45. The predicted molar refractivity (Wildman–Crippen MR) is 94.8 cm³/mol. The first-order chi connectivity index (χ1) is 12.8. The summed E-state index contributed by atoms with van der Waals surface area (Å²) in [4.78, 5) is 27.2. The number of carbonyl (C=O) groups is 1. The van der Waals surface area contributed by atoms with Gasteiger partial charge in [-0.05, 0) is 18.4 Å². The standard InChI is InChI=1S/C18H19N7O/c26-18(21-11-13-5-2-1-3-6-13)25-10-4-7-15(25)17-22-16(23-24-17)14-12-19-8-9-20-14/h1-3,5-6,8-9,12,15H,4,7,10-11H2,(H,21,26)(H,22,23,24)/t15-/m1/s1. The van der Waals surface area contributed by atoms with Crippen molar-refractivity contribution in [1.29, 1.82) is 0 Å². The van der Waals surface area contributed by atoms with Crippen molar-refractivity contribution in [3.05, 3.63) is 60.3 Å². The SMILES string of the molecule is O=C(NCc1ccccc1)N1CCC[C@@H]1c1nc(-c2cnccn2)n[nH]1. The number of carbonyl (C=O) groups excluding carboxylic acids is 1. The number of aromatic nitrogens is 5. The molecule has 1 aromatic carbocycles. The number of nitrogens with one attached hydrogen (secondary N) is 2. The number of amides is 2. The van der Waals surface area contributed by atoms with Crippen LogP contribution in [0.25, 0.3) is 11.5 Å². The Morgan fingerprint density at radius 1 is 1.27 bits per heavy atom.